The Morgan fingerprint density at radius 2 is 1.68 bits per heavy atom. The number of nitrogens with one attached hydrogen (secondary N) is 1. The Kier molecular flexibility index (Phi) is 6.56. The second-order valence-corrected chi connectivity index (χ2v) is 9.27. The summed E-state index contributed by atoms with van der Waals surface area (Å²) in [5.41, 5.74) is 7.37. The quantitative estimate of drug-likeness (QED) is 0.196. The van der Waals surface area contributed by atoms with Crippen molar-refractivity contribution >= 4 is 22.5 Å². The first-order chi connectivity index (χ1) is 17.9. The Balaban J connectivity index is 1.28. The van der Waals surface area contributed by atoms with Crippen LogP contribution in [0, 0.1) is 17.0 Å². The van der Waals surface area contributed by atoms with Gasteiger partial charge in [-0.2, -0.15) is 0 Å². The van der Waals surface area contributed by atoms with Crippen molar-refractivity contribution in [3.05, 3.63) is 136 Å². The summed E-state index contributed by atoms with van der Waals surface area (Å²) >= 11 is 0. The van der Waals surface area contributed by atoms with E-state index in [1.165, 1.54) is 34.4 Å². The maximum Gasteiger partial charge on any atom is 0.269 e. The van der Waals surface area contributed by atoms with Crippen molar-refractivity contribution in [3.8, 4) is 11.1 Å². The molecule has 37 heavy (non-hydrogen) atoms. The lowest BCUT2D eigenvalue weighted by molar-refractivity contribution is -0.384. The fourth-order valence-corrected chi connectivity index (χ4v) is 4.61. The topological polar surface area (TPSA) is 77.2 Å². The number of non-ortho nitro benzene ring substituents is 1. The van der Waals surface area contributed by atoms with Gasteiger partial charge in [0.25, 0.3) is 11.6 Å². The predicted octanol–water partition coefficient (Wildman–Crippen LogP) is 7.06. The van der Waals surface area contributed by atoms with Crippen LogP contribution in [0.4, 0.5) is 5.69 Å². The van der Waals surface area contributed by atoms with Gasteiger partial charge in [0.2, 0.25) is 0 Å². The van der Waals surface area contributed by atoms with Crippen molar-refractivity contribution < 1.29 is 9.72 Å². The lowest BCUT2D eigenvalue weighted by atomic mass is 9.99. The zero-order chi connectivity index (χ0) is 25.9. The molecule has 0 radical (unpaired) electrons. The molecule has 1 atom stereocenters. The highest BCUT2D eigenvalue weighted by Crippen LogP contribution is 2.25. The summed E-state index contributed by atoms with van der Waals surface area (Å²) in [6, 6.07) is 30.7. The molecule has 0 saturated carbocycles. The number of nitro benzene ring substituents is 1. The van der Waals surface area contributed by atoms with Gasteiger partial charge in [-0.05, 0) is 65.9 Å². The van der Waals surface area contributed by atoms with Gasteiger partial charge in [0.05, 0.1) is 11.0 Å². The molecule has 6 heteroatoms. The van der Waals surface area contributed by atoms with E-state index in [1.54, 1.807) is 12.1 Å². The van der Waals surface area contributed by atoms with Gasteiger partial charge in [-0.15, -0.1) is 0 Å². The molecule has 1 aromatic heterocycles. The average Bonchev–Trinajstić information content (AvgIpc) is 3.31. The number of benzene rings is 4. The Hall–Kier alpha value is -4.71. The summed E-state index contributed by atoms with van der Waals surface area (Å²) in [7, 11) is 0. The van der Waals surface area contributed by atoms with Crippen molar-refractivity contribution in [2.75, 3.05) is 0 Å². The standard InChI is InChI=1S/C31H27N3O3/c1-21-5-3-4-6-29(21)25-9-7-23(8-10-25)20-33-18-17-26-19-27(13-16-30(26)33)31(35)32-22(2)24-11-14-28(15-12-24)34(36)37/h3-19,22H,20H2,1-2H3,(H,32,35)/t22-/m0/s1. The van der Waals surface area contributed by atoms with E-state index in [-0.39, 0.29) is 17.6 Å². The van der Waals surface area contributed by atoms with E-state index >= 15 is 0 Å². The highest BCUT2D eigenvalue weighted by molar-refractivity contribution is 5.98. The number of hydrogen-bond donors (Lipinski definition) is 1. The number of amides is 1. The van der Waals surface area contributed by atoms with Crippen molar-refractivity contribution in [3.63, 3.8) is 0 Å². The van der Waals surface area contributed by atoms with E-state index in [9.17, 15) is 14.9 Å². The fourth-order valence-electron chi connectivity index (χ4n) is 4.61. The zero-order valence-corrected chi connectivity index (χ0v) is 20.7. The first kappa shape index (κ1) is 24.0. The molecule has 4 aromatic carbocycles. The van der Waals surface area contributed by atoms with Gasteiger partial charge in [-0.25, -0.2) is 0 Å². The number of carbonyl (C=O) groups excluding carboxylic acids is 1. The second-order valence-electron chi connectivity index (χ2n) is 9.27. The summed E-state index contributed by atoms with van der Waals surface area (Å²) in [6.45, 7) is 4.72. The van der Waals surface area contributed by atoms with Crippen LogP contribution in [-0.4, -0.2) is 15.4 Å². The minimum Gasteiger partial charge on any atom is -0.346 e. The number of aryl methyl sites for hydroxylation is 1. The van der Waals surface area contributed by atoms with Crippen LogP contribution in [0.3, 0.4) is 0 Å². The minimum atomic E-state index is -0.436. The molecule has 0 aliphatic rings. The van der Waals surface area contributed by atoms with Crippen LogP contribution in [0.2, 0.25) is 0 Å². The van der Waals surface area contributed by atoms with Crippen LogP contribution in [0.1, 0.15) is 40.0 Å². The van der Waals surface area contributed by atoms with Gasteiger partial charge in [-0.3, -0.25) is 14.9 Å². The summed E-state index contributed by atoms with van der Waals surface area (Å²) < 4.78 is 2.18. The van der Waals surface area contributed by atoms with Crippen LogP contribution in [0.5, 0.6) is 0 Å². The largest absolute Gasteiger partial charge is 0.346 e. The highest BCUT2D eigenvalue weighted by atomic mass is 16.6. The molecule has 1 amide bonds. The van der Waals surface area contributed by atoms with Crippen molar-refractivity contribution in [1.82, 2.24) is 9.88 Å². The average molecular weight is 490 g/mol. The maximum absolute atomic E-state index is 12.9. The lowest BCUT2D eigenvalue weighted by Crippen LogP contribution is -2.26. The first-order valence-corrected chi connectivity index (χ1v) is 12.2. The molecule has 5 rings (SSSR count). The molecule has 1 heterocycles. The van der Waals surface area contributed by atoms with Crippen LogP contribution < -0.4 is 5.32 Å². The predicted molar refractivity (Wildman–Crippen MR) is 147 cm³/mol. The Labute approximate surface area is 215 Å². The SMILES string of the molecule is Cc1ccccc1-c1ccc(Cn2ccc3cc(C(=O)N[C@@H](C)c4ccc([N+](=O)[O-])cc4)ccc32)cc1. The molecule has 0 saturated heterocycles. The second kappa shape index (κ2) is 10.1. The van der Waals surface area contributed by atoms with Crippen molar-refractivity contribution in [1.29, 1.82) is 0 Å². The molecule has 0 fully saturated rings. The van der Waals surface area contributed by atoms with E-state index in [2.05, 4.69) is 65.3 Å². The van der Waals surface area contributed by atoms with Gasteiger partial charge in [-0.1, -0.05) is 60.7 Å². The molecular formula is C31H27N3O3. The number of aromatic nitrogens is 1. The molecule has 184 valence electrons. The van der Waals surface area contributed by atoms with Crippen molar-refractivity contribution in [2.24, 2.45) is 0 Å². The van der Waals surface area contributed by atoms with E-state index < -0.39 is 4.92 Å². The number of nitro groups is 1. The van der Waals surface area contributed by atoms with Crippen LogP contribution >= 0.6 is 0 Å². The van der Waals surface area contributed by atoms with Crippen molar-refractivity contribution in [2.45, 2.75) is 26.4 Å². The number of hydrogen-bond acceptors (Lipinski definition) is 3. The molecule has 0 bridgehead atoms. The molecule has 0 aliphatic carbocycles. The number of nitrogens with zero attached hydrogens (tertiary/aromatic N) is 2. The number of fused-ring (bicyclic) bond motifs is 1. The maximum atomic E-state index is 12.9. The van der Waals surface area contributed by atoms with Gasteiger partial charge in [0.15, 0.2) is 0 Å². The molecule has 5 aromatic rings. The summed E-state index contributed by atoms with van der Waals surface area (Å²) in [5.74, 6) is -0.188. The smallest absolute Gasteiger partial charge is 0.269 e. The van der Waals surface area contributed by atoms with Crippen LogP contribution in [0.25, 0.3) is 22.0 Å². The first-order valence-electron chi connectivity index (χ1n) is 12.2. The molecule has 6 nitrogen and oxygen atoms in total. The molecule has 0 spiro atoms. The molecular weight excluding hydrogens is 462 g/mol. The third kappa shape index (κ3) is 5.14. The Morgan fingerprint density at radius 1 is 0.946 bits per heavy atom. The van der Waals surface area contributed by atoms with Gasteiger partial charge in [0, 0.05) is 41.3 Å². The molecule has 1 N–H and O–H groups in total. The number of carbonyl (C=O) groups is 1. The van der Waals surface area contributed by atoms with E-state index in [0.29, 0.717) is 5.56 Å². The number of rotatable bonds is 7. The van der Waals surface area contributed by atoms with E-state index in [0.717, 1.165) is 23.0 Å². The fraction of sp³-hybridized carbons (Fsp3) is 0.129. The highest BCUT2D eigenvalue weighted by Gasteiger charge is 2.14. The monoisotopic (exact) mass is 489 g/mol. The van der Waals surface area contributed by atoms with Gasteiger partial charge < -0.3 is 9.88 Å². The van der Waals surface area contributed by atoms with Gasteiger partial charge in [0.1, 0.15) is 0 Å². The van der Waals surface area contributed by atoms with E-state index in [4.69, 9.17) is 0 Å². The lowest BCUT2D eigenvalue weighted by Gasteiger charge is -2.14. The summed E-state index contributed by atoms with van der Waals surface area (Å²) in [4.78, 5) is 23.3. The van der Waals surface area contributed by atoms with Crippen LogP contribution in [0.15, 0.2) is 103 Å². The molecule has 0 aliphatic heterocycles. The third-order valence-corrected chi connectivity index (χ3v) is 6.75. The zero-order valence-electron chi connectivity index (χ0n) is 20.7. The van der Waals surface area contributed by atoms with Gasteiger partial charge >= 0.3 is 0 Å². The Morgan fingerprint density at radius 3 is 2.38 bits per heavy atom. The normalized spacial score (nSPS) is 11.8. The van der Waals surface area contributed by atoms with E-state index in [1.807, 2.05) is 37.4 Å². The summed E-state index contributed by atoms with van der Waals surface area (Å²) in [5, 5.41) is 14.8. The minimum absolute atomic E-state index is 0.0273. The third-order valence-electron chi connectivity index (χ3n) is 6.75. The Bertz CT molecular complexity index is 1580. The summed E-state index contributed by atoms with van der Waals surface area (Å²) in [6.07, 6.45) is 2.04. The van der Waals surface area contributed by atoms with Crippen LogP contribution in [-0.2, 0) is 6.54 Å². The molecule has 0 unspecified atom stereocenters.